The van der Waals surface area contributed by atoms with Gasteiger partial charge in [-0.2, -0.15) is 0 Å². The smallest absolute Gasteiger partial charge is 0.122 e. The van der Waals surface area contributed by atoms with Gasteiger partial charge in [0.1, 0.15) is 6.73 Å². The predicted molar refractivity (Wildman–Crippen MR) is 66.7 cm³/mol. The van der Waals surface area contributed by atoms with Crippen molar-refractivity contribution < 1.29 is 9.47 Å². The summed E-state index contributed by atoms with van der Waals surface area (Å²) in [6.07, 6.45) is 6.90. The van der Waals surface area contributed by atoms with Crippen molar-refractivity contribution in [3.63, 3.8) is 0 Å². The summed E-state index contributed by atoms with van der Waals surface area (Å²) in [5.41, 5.74) is 1.29. The average Bonchev–Trinajstić information content (AvgIpc) is 3.04. The van der Waals surface area contributed by atoms with E-state index in [0.717, 1.165) is 32.2 Å². The van der Waals surface area contributed by atoms with Crippen LogP contribution in [0, 0.1) is 5.92 Å². The van der Waals surface area contributed by atoms with Gasteiger partial charge in [-0.1, -0.05) is 0 Å². The lowest BCUT2D eigenvalue weighted by atomic mass is 10.3. The van der Waals surface area contributed by atoms with Gasteiger partial charge in [0.2, 0.25) is 0 Å². The molecular weight excluding hydrogens is 216 g/mol. The molecule has 1 N–H and O–H groups in total. The van der Waals surface area contributed by atoms with Crippen LogP contribution in [0.2, 0.25) is 0 Å². The average molecular weight is 238 g/mol. The van der Waals surface area contributed by atoms with E-state index in [0.29, 0.717) is 6.73 Å². The van der Waals surface area contributed by atoms with Gasteiger partial charge in [-0.3, -0.25) is 0 Å². The van der Waals surface area contributed by atoms with Crippen molar-refractivity contribution in [3.05, 3.63) is 24.0 Å². The molecule has 1 saturated carbocycles. The number of rotatable bonds is 9. The van der Waals surface area contributed by atoms with Crippen molar-refractivity contribution in [3.8, 4) is 0 Å². The Hall–Kier alpha value is -0.840. The molecule has 1 heterocycles. The number of nitrogens with zero attached hydrogens (tertiary/aromatic N) is 1. The van der Waals surface area contributed by atoms with Gasteiger partial charge in [0.15, 0.2) is 0 Å². The van der Waals surface area contributed by atoms with Crippen molar-refractivity contribution in [2.24, 2.45) is 5.92 Å². The van der Waals surface area contributed by atoms with Crippen molar-refractivity contribution in [1.82, 2.24) is 9.88 Å². The minimum absolute atomic E-state index is 0.675. The zero-order valence-corrected chi connectivity index (χ0v) is 10.5. The molecule has 0 aromatic carbocycles. The molecule has 0 saturated heterocycles. The van der Waals surface area contributed by atoms with Gasteiger partial charge < -0.3 is 19.4 Å². The summed E-state index contributed by atoms with van der Waals surface area (Å²) < 4.78 is 12.7. The van der Waals surface area contributed by atoms with Gasteiger partial charge in [-0.25, -0.2) is 0 Å². The Labute approximate surface area is 103 Å². The molecule has 0 amide bonds. The molecule has 0 atom stereocenters. The van der Waals surface area contributed by atoms with Crippen LogP contribution in [0.5, 0.6) is 0 Å². The summed E-state index contributed by atoms with van der Waals surface area (Å²) in [6.45, 7) is 4.12. The summed E-state index contributed by atoms with van der Waals surface area (Å²) in [5, 5.41) is 3.32. The molecule has 0 aliphatic heterocycles. The summed E-state index contributed by atoms with van der Waals surface area (Å²) >= 11 is 0. The lowest BCUT2D eigenvalue weighted by Gasteiger charge is -2.04. The van der Waals surface area contributed by atoms with Crippen molar-refractivity contribution in [2.45, 2.75) is 26.1 Å². The zero-order chi connectivity index (χ0) is 11.9. The quantitative estimate of drug-likeness (QED) is 0.664. The molecule has 0 spiro atoms. The van der Waals surface area contributed by atoms with E-state index in [2.05, 4.69) is 28.3 Å². The number of aromatic nitrogens is 1. The van der Waals surface area contributed by atoms with E-state index in [1.807, 2.05) is 0 Å². The first-order valence-corrected chi connectivity index (χ1v) is 6.30. The molecule has 4 nitrogen and oxygen atoms in total. The van der Waals surface area contributed by atoms with Crippen LogP contribution in [0.4, 0.5) is 0 Å². The highest BCUT2D eigenvalue weighted by molar-refractivity contribution is 5.09. The van der Waals surface area contributed by atoms with E-state index in [-0.39, 0.29) is 0 Å². The fourth-order valence-corrected chi connectivity index (χ4v) is 1.69. The molecule has 1 aliphatic rings. The second-order valence-corrected chi connectivity index (χ2v) is 4.65. The molecule has 1 fully saturated rings. The van der Waals surface area contributed by atoms with Gasteiger partial charge in [-0.15, -0.1) is 0 Å². The Bertz CT molecular complexity index is 321. The van der Waals surface area contributed by atoms with Crippen LogP contribution in [-0.4, -0.2) is 31.4 Å². The van der Waals surface area contributed by atoms with E-state index >= 15 is 0 Å². The highest BCUT2D eigenvalue weighted by Crippen LogP contribution is 2.28. The summed E-state index contributed by atoms with van der Waals surface area (Å²) in [4.78, 5) is 0. The Balaban J connectivity index is 1.60. The molecule has 1 aromatic rings. The van der Waals surface area contributed by atoms with Crippen molar-refractivity contribution in [2.75, 3.05) is 26.9 Å². The van der Waals surface area contributed by atoms with Crippen molar-refractivity contribution >= 4 is 0 Å². The molecule has 4 heteroatoms. The fraction of sp³-hybridized carbons (Fsp3) is 0.692. The third kappa shape index (κ3) is 4.89. The molecule has 0 bridgehead atoms. The second kappa shape index (κ2) is 6.79. The highest BCUT2D eigenvalue weighted by atomic mass is 16.5. The molecule has 1 aliphatic carbocycles. The normalized spacial score (nSPS) is 15.4. The largest absolute Gasteiger partial charge is 0.383 e. The Kier molecular flexibility index (Phi) is 5.04. The minimum atomic E-state index is 0.675. The number of nitrogens with one attached hydrogen (secondary N) is 1. The van der Waals surface area contributed by atoms with Crippen LogP contribution >= 0.6 is 0 Å². The van der Waals surface area contributed by atoms with Gasteiger partial charge in [0.25, 0.3) is 0 Å². The summed E-state index contributed by atoms with van der Waals surface area (Å²) in [5.74, 6) is 0.834. The first kappa shape index (κ1) is 12.6. The molecule has 96 valence electrons. The van der Waals surface area contributed by atoms with Gasteiger partial charge in [-0.05, 0) is 30.4 Å². The Morgan fingerprint density at radius 1 is 1.47 bits per heavy atom. The van der Waals surface area contributed by atoms with E-state index in [4.69, 9.17) is 9.47 Å². The van der Waals surface area contributed by atoms with E-state index in [1.165, 1.54) is 18.4 Å². The van der Waals surface area contributed by atoms with Gasteiger partial charge >= 0.3 is 0 Å². The molecule has 2 rings (SSSR count). The van der Waals surface area contributed by atoms with E-state index in [1.54, 1.807) is 7.11 Å². The lowest BCUT2D eigenvalue weighted by Crippen LogP contribution is -2.18. The predicted octanol–water partition coefficient (Wildman–Crippen LogP) is 1.61. The number of hydrogen-bond acceptors (Lipinski definition) is 3. The van der Waals surface area contributed by atoms with Crippen LogP contribution < -0.4 is 5.32 Å². The highest BCUT2D eigenvalue weighted by Gasteiger charge is 2.20. The third-order valence-corrected chi connectivity index (χ3v) is 2.91. The Morgan fingerprint density at radius 2 is 2.35 bits per heavy atom. The van der Waals surface area contributed by atoms with E-state index in [9.17, 15) is 0 Å². The SMILES string of the molecule is COCCNCc1ccn(COCC2CC2)c1. The third-order valence-electron chi connectivity index (χ3n) is 2.91. The zero-order valence-electron chi connectivity index (χ0n) is 10.5. The first-order valence-electron chi connectivity index (χ1n) is 6.30. The van der Waals surface area contributed by atoms with E-state index < -0.39 is 0 Å². The Morgan fingerprint density at radius 3 is 3.12 bits per heavy atom. The van der Waals surface area contributed by atoms with Crippen LogP contribution in [0.3, 0.4) is 0 Å². The van der Waals surface area contributed by atoms with Crippen LogP contribution in [-0.2, 0) is 22.7 Å². The molecular formula is C13H22N2O2. The lowest BCUT2D eigenvalue weighted by molar-refractivity contribution is 0.0692. The standard InChI is InChI=1S/C13H22N2O2/c1-16-7-5-14-8-13-4-6-15(9-13)11-17-10-12-2-3-12/h4,6,9,12,14H,2-3,5,7-8,10-11H2,1H3. The van der Waals surface area contributed by atoms with Crippen LogP contribution in [0.15, 0.2) is 18.5 Å². The first-order chi connectivity index (χ1) is 8.38. The summed E-state index contributed by atoms with van der Waals surface area (Å²) in [7, 11) is 1.72. The summed E-state index contributed by atoms with van der Waals surface area (Å²) in [6, 6.07) is 2.13. The maximum absolute atomic E-state index is 5.62. The molecule has 0 radical (unpaired) electrons. The fourth-order valence-electron chi connectivity index (χ4n) is 1.69. The van der Waals surface area contributed by atoms with Crippen LogP contribution in [0.1, 0.15) is 18.4 Å². The minimum Gasteiger partial charge on any atom is -0.383 e. The maximum atomic E-state index is 5.62. The topological polar surface area (TPSA) is 35.4 Å². The van der Waals surface area contributed by atoms with Crippen LogP contribution in [0.25, 0.3) is 0 Å². The maximum Gasteiger partial charge on any atom is 0.122 e. The van der Waals surface area contributed by atoms with Crippen molar-refractivity contribution in [1.29, 1.82) is 0 Å². The number of ether oxygens (including phenoxy) is 2. The molecule has 0 unspecified atom stereocenters. The second-order valence-electron chi connectivity index (χ2n) is 4.65. The number of hydrogen-bond donors (Lipinski definition) is 1. The monoisotopic (exact) mass is 238 g/mol. The molecule has 1 aromatic heterocycles. The number of methoxy groups -OCH3 is 1. The molecule has 17 heavy (non-hydrogen) atoms. The van der Waals surface area contributed by atoms with Gasteiger partial charge in [0, 0.05) is 32.6 Å². The van der Waals surface area contributed by atoms with Gasteiger partial charge in [0.05, 0.1) is 13.2 Å².